The molecule has 0 aliphatic carbocycles. The van der Waals surface area contributed by atoms with Crippen LogP contribution < -0.4 is 0 Å². The molecule has 3 aromatic rings. The third-order valence-electron chi connectivity index (χ3n) is 3.34. The van der Waals surface area contributed by atoms with Crippen LogP contribution in [0, 0.1) is 0 Å². The van der Waals surface area contributed by atoms with E-state index in [-0.39, 0.29) is 5.78 Å². The van der Waals surface area contributed by atoms with Gasteiger partial charge in [-0.15, -0.1) is 0 Å². The first-order valence-corrected chi connectivity index (χ1v) is 7.75. The van der Waals surface area contributed by atoms with Crippen molar-refractivity contribution < 1.29 is 4.79 Å². The molecule has 0 amide bonds. The van der Waals surface area contributed by atoms with Crippen molar-refractivity contribution in [3.05, 3.63) is 90.1 Å². The molecule has 0 atom stereocenters. The highest BCUT2D eigenvalue weighted by atomic mass is 79.9. The van der Waals surface area contributed by atoms with Crippen LogP contribution in [-0.2, 0) is 0 Å². The van der Waals surface area contributed by atoms with Crippen molar-refractivity contribution in [2.24, 2.45) is 0 Å². The summed E-state index contributed by atoms with van der Waals surface area (Å²) in [5.74, 6) is -0.0247. The fourth-order valence-corrected chi connectivity index (χ4v) is 2.64. The number of hydrogen-bond acceptors (Lipinski definition) is 1. The molecule has 0 saturated carbocycles. The topological polar surface area (TPSA) is 32.9 Å². The van der Waals surface area contributed by atoms with E-state index in [4.69, 9.17) is 0 Å². The van der Waals surface area contributed by atoms with Gasteiger partial charge in [-0.25, -0.2) is 0 Å². The van der Waals surface area contributed by atoms with Crippen LogP contribution in [-0.4, -0.2) is 10.8 Å². The van der Waals surface area contributed by atoms with E-state index in [1.165, 1.54) is 0 Å². The average Bonchev–Trinajstić information content (AvgIpc) is 3.06. The molecule has 108 valence electrons. The quantitative estimate of drug-likeness (QED) is 0.502. The molecule has 1 heterocycles. The summed E-state index contributed by atoms with van der Waals surface area (Å²) in [6.45, 7) is 0. The van der Waals surface area contributed by atoms with E-state index in [0.29, 0.717) is 5.56 Å². The zero-order valence-electron chi connectivity index (χ0n) is 11.8. The van der Waals surface area contributed by atoms with Gasteiger partial charge in [0.25, 0.3) is 0 Å². The Bertz CT molecular complexity index is 804. The van der Waals surface area contributed by atoms with Gasteiger partial charge in [0.05, 0.1) is 5.69 Å². The number of benzene rings is 2. The monoisotopic (exact) mass is 351 g/mol. The van der Waals surface area contributed by atoms with Crippen molar-refractivity contribution in [3.8, 4) is 11.3 Å². The van der Waals surface area contributed by atoms with Gasteiger partial charge in [0.1, 0.15) is 0 Å². The molecular weight excluding hydrogens is 338 g/mol. The maximum atomic E-state index is 12.2. The Morgan fingerprint density at radius 1 is 0.864 bits per heavy atom. The molecule has 1 aromatic heterocycles. The molecule has 2 aromatic carbocycles. The SMILES string of the molecule is O=C(/C=C(\Br)c1ccc(-c2ccccc2)[nH]1)c1ccccc1. The van der Waals surface area contributed by atoms with E-state index >= 15 is 0 Å². The van der Waals surface area contributed by atoms with Gasteiger partial charge in [-0.1, -0.05) is 60.7 Å². The molecule has 0 spiro atoms. The van der Waals surface area contributed by atoms with Crippen LogP contribution >= 0.6 is 15.9 Å². The Kier molecular flexibility index (Phi) is 4.35. The molecule has 0 saturated heterocycles. The second kappa shape index (κ2) is 6.58. The molecule has 22 heavy (non-hydrogen) atoms. The van der Waals surface area contributed by atoms with Gasteiger partial charge in [0, 0.05) is 21.8 Å². The van der Waals surface area contributed by atoms with E-state index in [2.05, 4.69) is 20.9 Å². The van der Waals surface area contributed by atoms with Crippen molar-refractivity contribution >= 4 is 26.2 Å². The number of aromatic nitrogens is 1. The van der Waals surface area contributed by atoms with Gasteiger partial charge in [-0.05, 0) is 33.6 Å². The van der Waals surface area contributed by atoms with E-state index in [0.717, 1.165) is 21.4 Å². The van der Waals surface area contributed by atoms with Crippen molar-refractivity contribution in [2.75, 3.05) is 0 Å². The molecule has 0 fully saturated rings. The van der Waals surface area contributed by atoms with Gasteiger partial charge < -0.3 is 4.98 Å². The first-order valence-electron chi connectivity index (χ1n) is 6.95. The van der Waals surface area contributed by atoms with Crippen LogP contribution in [0.4, 0.5) is 0 Å². The smallest absolute Gasteiger partial charge is 0.187 e. The maximum absolute atomic E-state index is 12.2. The van der Waals surface area contributed by atoms with Gasteiger partial charge >= 0.3 is 0 Å². The number of allylic oxidation sites excluding steroid dienone is 1. The van der Waals surface area contributed by atoms with Crippen LogP contribution in [0.15, 0.2) is 78.9 Å². The summed E-state index contributed by atoms with van der Waals surface area (Å²) in [6.07, 6.45) is 1.59. The first-order chi connectivity index (χ1) is 10.7. The molecule has 1 N–H and O–H groups in total. The first kappa shape index (κ1) is 14.5. The summed E-state index contributed by atoms with van der Waals surface area (Å²) < 4.78 is 0.739. The fraction of sp³-hybridized carbons (Fsp3) is 0. The van der Waals surface area contributed by atoms with E-state index in [1.54, 1.807) is 6.08 Å². The number of carbonyl (C=O) groups is 1. The minimum absolute atomic E-state index is 0.0247. The molecule has 2 nitrogen and oxygen atoms in total. The summed E-state index contributed by atoms with van der Waals surface area (Å²) in [4.78, 5) is 15.5. The van der Waals surface area contributed by atoms with Crippen molar-refractivity contribution in [1.29, 1.82) is 0 Å². The highest BCUT2D eigenvalue weighted by Crippen LogP contribution is 2.25. The average molecular weight is 352 g/mol. The zero-order chi connectivity index (χ0) is 15.4. The Morgan fingerprint density at radius 2 is 1.50 bits per heavy atom. The number of ketones is 1. The minimum atomic E-state index is -0.0247. The summed E-state index contributed by atoms with van der Waals surface area (Å²) in [5.41, 5.74) is 3.69. The lowest BCUT2D eigenvalue weighted by molar-refractivity contribution is 0.104. The third-order valence-corrected chi connectivity index (χ3v) is 4.00. The highest BCUT2D eigenvalue weighted by molar-refractivity contribution is 9.15. The number of aromatic amines is 1. The second-order valence-electron chi connectivity index (χ2n) is 4.87. The highest BCUT2D eigenvalue weighted by Gasteiger charge is 2.07. The molecule has 0 unspecified atom stereocenters. The predicted molar refractivity (Wildman–Crippen MR) is 93.9 cm³/mol. The van der Waals surface area contributed by atoms with E-state index < -0.39 is 0 Å². The normalized spacial score (nSPS) is 11.4. The number of nitrogens with one attached hydrogen (secondary N) is 1. The summed E-state index contributed by atoms with van der Waals surface area (Å²) in [5, 5.41) is 0. The Balaban J connectivity index is 1.84. The fourth-order valence-electron chi connectivity index (χ4n) is 2.20. The van der Waals surface area contributed by atoms with Gasteiger partial charge in [0.15, 0.2) is 5.78 Å². The maximum Gasteiger partial charge on any atom is 0.187 e. The predicted octanol–water partition coefficient (Wildman–Crippen LogP) is 5.30. The van der Waals surface area contributed by atoms with Crippen LogP contribution in [0.3, 0.4) is 0 Å². The number of halogens is 1. The van der Waals surface area contributed by atoms with Crippen LogP contribution in [0.2, 0.25) is 0 Å². The lowest BCUT2D eigenvalue weighted by atomic mass is 10.1. The summed E-state index contributed by atoms with van der Waals surface area (Å²) in [7, 11) is 0. The second-order valence-corrected chi connectivity index (χ2v) is 5.73. The number of H-pyrrole nitrogens is 1. The largest absolute Gasteiger partial charge is 0.354 e. The van der Waals surface area contributed by atoms with Crippen molar-refractivity contribution in [3.63, 3.8) is 0 Å². The molecule has 0 radical (unpaired) electrons. The lowest BCUT2D eigenvalue weighted by Crippen LogP contribution is -1.94. The minimum Gasteiger partial charge on any atom is -0.354 e. The number of rotatable bonds is 4. The summed E-state index contributed by atoms with van der Waals surface area (Å²) in [6, 6.07) is 23.3. The van der Waals surface area contributed by atoms with Gasteiger partial charge in [0.2, 0.25) is 0 Å². The lowest BCUT2D eigenvalue weighted by Gasteiger charge is -1.99. The van der Waals surface area contributed by atoms with Crippen LogP contribution in [0.25, 0.3) is 15.7 Å². The zero-order valence-corrected chi connectivity index (χ0v) is 13.4. The van der Waals surface area contributed by atoms with Crippen LogP contribution in [0.1, 0.15) is 16.1 Å². The molecule has 3 rings (SSSR count). The third kappa shape index (κ3) is 3.26. The Hall–Kier alpha value is -2.39. The Labute approximate surface area is 137 Å². The van der Waals surface area contributed by atoms with E-state index in [1.807, 2.05) is 72.8 Å². The van der Waals surface area contributed by atoms with Gasteiger partial charge in [-0.2, -0.15) is 0 Å². The molecular formula is C19H14BrNO. The summed E-state index contributed by atoms with van der Waals surface area (Å²) >= 11 is 3.48. The standard InChI is InChI=1S/C19H14BrNO/c20-16(13-19(22)15-9-5-2-6-10-15)18-12-11-17(21-18)14-7-3-1-4-8-14/h1-13,21H/b16-13-. The van der Waals surface area contributed by atoms with Crippen molar-refractivity contribution in [1.82, 2.24) is 4.98 Å². The molecule has 0 aliphatic heterocycles. The van der Waals surface area contributed by atoms with Crippen molar-refractivity contribution in [2.45, 2.75) is 0 Å². The molecule has 0 aliphatic rings. The van der Waals surface area contributed by atoms with E-state index in [9.17, 15) is 4.79 Å². The van der Waals surface area contributed by atoms with Crippen LogP contribution in [0.5, 0.6) is 0 Å². The Morgan fingerprint density at radius 3 is 2.18 bits per heavy atom. The van der Waals surface area contributed by atoms with Gasteiger partial charge in [-0.3, -0.25) is 4.79 Å². The number of hydrogen-bond donors (Lipinski definition) is 1. The molecule has 0 bridgehead atoms. The molecule has 3 heteroatoms. The number of carbonyl (C=O) groups excluding carboxylic acids is 1.